The molecule has 2 nitrogen and oxygen atoms in total. The Morgan fingerprint density at radius 1 is 1.00 bits per heavy atom. The lowest BCUT2D eigenvalue weighted by Gasteiger charge is -2.04. The van der Waals surface area contributed by atoms with Gasteiger partial charge < -0.3 is 0 Å². The molecular weight excluding hydrogens is 239 g/mol. The zero-order chi connectivity index (χ0) is 13.7. The van der Waals surface area contributed by atoms with E-state index in [1.54, 1.807) is 24.3 Å². The smallest absolute Gasteiger partial charge is 0.131 e. The number of benzene rings is 2. The molecule has 0 aliphatic rings. The average molecular weight is 248 g/mol. The first-order chi connectivity index (χ1) is 9.24. The molecule has 0 saturated heterocycles. The van der Waals surface area contributed by atoms with Crippen LogP contribution >= 0.6 is 0 Å². The molecule has 0 unspecified atom stereocenters. The van der Waals surface area contributed by atoms with Crippen LogP contribution in [0.25, 0.3) is 17.2 Å². The number of nitrogens with zero attached hydrogens (tertiary/aromatic N) is 2. The standard InChI is InChI=1S/C16H9FN2/c17-16-9-12(8-13(10-18)11-19)6-7-15(16)14-4-2-1-3-5-14/h1-9H. The lowest BCUT2D eigenvalue weighted by Crippen LogP contribution is -1.86. The van der Waals surface area contributed by atoms with Crippen molar-refractivity contribution in [3.63, 3.8) is 0 Å². The molecule has 0 radical (unpaired) electrons. The van der Waals surface area contributed by atoms with Crippen LogP contribution in [0.4, 0.5) is 4.39 Å². The molecule has 0 aromatic heterocycles. The molecular formula is C16H9FN2. The highest BCUT2D eigenvalue weighted by Gasteiger charge is 2.05. The largest absolute Gasteiger partial charge is 0.206 e. The van der Waals surface area contributed by atoms with E-state index in [4.69, 9.17) is 10.5 Å². The first-order valence-corrected chi connectivity index (χ1v) is 5.61. The van der Waals surface area contributed by atoms with Gasteiger partial charge in [0.15, 0.2) is 0 Å². The van der Waals surface area contributed by atoms with Crippen molar-refractivity contribution < 1.29 is 4.39 Å². The van der Waals surface area contributed by atoms with Gasteiger partial charge in [0.25, 0.3) is 0 Å². The molecule has 0 saturated carbocycles. The second kappa shape index (κ2) is 5.62. The Kier molecular flexibility index (Phi) is 3.71. The van der Waals surface area contributed by atoms with Gasteiger partial charge in [-0.15, -0.1) is 0 Å². The van der Waals surface area contributed by atoms with E-state index in [2.05, 4.69) is 0 Å². The summed E-state index contributed by atoms with van der Waals surface area (Å²) >= 11 is 0. The molecule has 2 aromatic rings. The maximum Gasteiger partial charge on any atom is 0.131 e. The van der Waals surface area contributed by atoms with Gasteiger partial charge in [-0.3, -0.25) is 0 Å². The van der Waals surface area contributed by atoms with Crippen LogP contribution in [0.1, 0.15) is 5.56 Å². The fraction of sp³-hybridized carbons (Fsp3) is 0. The molecule has 0 aliphatic heterocycles. The first kappa shape index (κ1) is 12.5. The van der Waals surface area contributed by atoms with Crippen LogP contribution in [0.5, 0.6) is 0 Å². The monoisotopic (exact) mass is 248 g/mol. The third-order valence-corrected chi connectivity index (χ3v) is 2.63. The fourth-order valence-electron chi connectivity index (χ4n) is 1.73. The van der Waals surface area contributed by atoms with Crippen molar-refractivity contribution in [3.05, 3.63) is 65.5 Å². The van der Waals surface area contributed by atoms with Gasteiger partial charge >= 0.3 is 0 Å². The van der Waals surface area contributed by atoms with E-state index < -0.39 is 0 Å². The van der Waals surface area contributed by atoms with Gasteiger partial charge in [0.1, 0.15) is 23.5 Å². The Balaban J connectivity index is 2.42. The molecule has 19 heavy (non-hydrogen) atoms. The fourth-order valence-corrected chi connectivity index (χ4v) is 1.73. The number of allylic oxidation sites excluding steroid dienone is 1. The third-order valence-electron chi connectivity index (χ3n) is 2.63. The predicted octanol–water partition coefficient (Wildman–Crippen LogP) is 3.92. The summed E-state index contributed by atoms with van der Waals surface area (Å²) in [6, 6.07) is 17.3. The minimum atomic E-state index is -0.379. The minimum Gasteiger partial charge on any atom is -0.206 e. The van der Waals surface area contributed by atoms with Crippen LogP contribution in [0.3, 0.4) is 0 Å². The molecule has 0 heterocycles. The number of hydrogen-bond donors (Lipinski definition) is 0. The van der Waals surface area contributed by atoms with Crippen LogP contribution in [-0.4, -0.2) is 0 Å². The van der Waals surface area contributed by atoms with Gasteiger partial charge in [0, 0.05) is 5.56 Å². The van der Waals surface area contributed by atoms with E-state index in [1.165, 1.54) is 12.1 Å². The van der Waals surface area contributed by atoms with E-state index >= 15 is 0 Å². The van der Waals surface area contributed by atoms with Crippen LogP contribution in [0, 0.1) is 28.5 Å². The van der Waals surface area contributed by atoms with Crippen molar-refractivity contribution in [1.29, 1.82) is 10.5 Å². The topological polar surface area (TPSA) is 47.6 Å². The summed E-state index contributed by atoms with van der Waals surface area (Å²) in [5.74, 6) is -0.379. The van der Waals surface area contributed by atoms with Crippen molar-refractivity contribution in [2.45, 2.75) is 0 Å². The first-order valence-electron chi connectivity index (χ1n) is 5.61. The SMILES string of the molecule is N#CC(C#N)=Cc1ccc(-c2ccccc2)c(F)c1. The van der Waals surface area contributed by atoms with Crippen molar-refractivity contribution in [2.75, 3.05) is 0 Å². The van der Waals surface area contributed by atoms with Crippen LogP contribution in [-0.2, 0) is 0 Å². The van der Waals surface area contributed by atoms with Gasteiger partial charge in [-0.05, 0) is 23.3 Å². The number of halogens is 1. The van der Waals surface area contributed by atoms with Gasteiger partial charge in [-0.1, -0.05) is 42.5 Å². The Hall–Kier alpha value is -2.91. The summed E-state index contributed by atoms with van der Waals surface area (Å²) in [5.41, 5.74) is 1.73. The predicted molar refractivity (Wildman–Crippen MR) is 71.0 cm³/mol. The summed E-state index contributed by atoms with van der Waals surface area (Å²) in [7, 11) is 0. The minimum absolute atomic E-state index is 0.0492. The molecule has 3 heteroatoms. The van der Waals surface area contributed by atoms with Crippen LogP contribution in [0.2, 0.25) is 0 Å². The maximum atomic E-state index is 14.0. The lowest BCUT2D eigenvalue weighted by molar-refractivity contribution is 0.631. The highest BCUT2D eigenvalue weighted by atomic mass is 19.1. The van der Waals surface area contributed by atoms with Crippen molar-refractivity contribution in [2.24, 2.45) is 0 Å². The number of rotatable bonds is 2. The maximum absolute atomic E-state index is 14.0. The van der Waals surface area contributed by atoms with E-state index in [0.717, 1.165) is 5.56 Å². The zero-order valence-electron chi connectivity index (χ0n) is 9.97. The summed E-state index contributed by atoms with van der Waals surface area (Å²) in [6.07, 6.45) is 1.36. The Bertz CT molecular complexity index is 688. The molecule has 90 valence electrons. The molecule has 2 aromatic carbocycles. The lowest BCUT2D eigenvalue weighted by atomic mass is 10.0. The molecule has 0 bridgehead atoms. The quantitative estimate of drug-likeness (QED) is 0.756. The highest BCUT2D eigenvalue weighted by molar-refractivity contribution is 5.68. The van der Waals surface area contributed by atoms with E-state index in [0.29, 0.717) is 11.1 Å². The molecule has 2 rings (SSSR count). The van der Waals surface area contributed by atoms with Gasteiger partial charge in [0.2, 0.25) is 0 Å². The summed E-state index contributed by atoms with van der Waals surface area (Å²) < 4.78 is 14.0. The Labute approximate surface area is 110 Å². The van der Waals surface area contributed by atoms with Crippen molar-refractivity contribution in [3.8, 4) is 23.3 Å². The molecule has 0 amide bonds. The number of nitriles is 2. The Morgan fingerprint density at radius 2 is 1.68 bits per heavy atom. The molecule has 0 fully saturated rings. The van der Waals surface area contributed by atoms with Crippen LogP contribution < -0.4 is 0 Å². The second-order valence-electron chi connectivity index (χ2n) is 3.89. The van der Waals surface area contributed by atoms with Crippen molar-refractivity contribution in [1.82, 2.24) is 0 Å². The van der Waals surface area contributed by atoms with E-state index in [-0.39, 0.29) is 11.4 Å². The van der Waals surface area contributed by atoms with Gasteiger partial charge in [0.05, 0.1) is 0 Å². The Morgan fingerprint density at radius 3 is 2.26 bits per heavy atom. The van der Waals surface area contributed by atoms with Crippen LogP contribution in [0.15, 0.2) is 54.1 Å². The molecule has 0 N–H and O–H groups in total. The normalized spacial score (nSPS) is 9.21. The van der Waals surface area contributed by atoms with Gasteiger partial charge in [-0.25, -0.2) is 4.39 Å². The molecule has 0 spiro atoms. The summed E-state index contributed by atoms with van der Waals surface area (Å²) in [4.78, 5) is 0. The van der Waals surface area contributed by atoms with E-state index in [9.17, 15) is 4.39 Å². The summed E-state index contributed by atoms with van der Waals surface area (Å²) in [5, 5.41) is 17.3. The zero-order valence-corrected chi connectivity index (χ0v) is 9.97. The third kappa shape index (κ3) is 2.86. The second-order valence-corrected chi connectivity index (χ2v) is 3.89. The van der Waals surface area contributed by atoms with Gasteiger partial charge in [-0.2, -0.15) is 10.5 Å². The highest BCUT2D eigenvalue weighted by Crippen LogP contribution is 2.24. The molecule has 0 atom stereocenters. The van der Waals surface area contributed by atoms with Crippen molar-refractivity contribution >= 4 is 6.08 Å². The number of hydrogen-bond acceptors (Lipinski definition) is 2. The molecule has 0 aliphatic carbocycles. The average Bonchev–Trinajstić information content (AvgIpc) is 2.46. The summed E-state index contributed by atoms with van der Waals surface area (Å²) in [6.45, 7) is 0. The van der Waals surface area contributed by atoms with E-state index in [1.807, 2.05) is 30.3 Å².